The second-order valence-electron chi connectivity index (χ2n) is 5.38. The fourth-order valence-corrected chi connectivity index (χ4v) is 2.79. The van der Waals surface area contributed by atoms with Gasteiger partial charge in [0.05, 0.1) is 6.04 Å². The molecule has 1 amide bonds. The first-order valence-corrected chi connectivity index (χ1v) is 7.09. The molecule has 2 heterocycles. The van der Waals surface area contributed by atoms with Crippen molar-refractivity contribution in [2.24, 2.45) is 0 Å². The standard InChI is InChI=1S/C16H19N3O/c1-13-4-2-5-14(12-13)16(20)18-10-6-15(7-11-18)19-9-3-8-17-19/h2-5,8-9,12,15H,6-7,10-11H2,1H3. The van der Waals surface area contributed by atoms with Gasteiger partial charge >= 0.3 is 0 Å². The highest BCUT2D eigenvalue weighted by atomic mass is 16.2. The van der Waals surface area contributed by atoms with Gasteiger partial charge in [-0.2, -0.15) is 5.10 Å². The van der Waals surface area contributed by atoms with Gasteiger partial charge in [-0.05, 0) is 38.0 Å². The Kier molecular flexibility index (Phi) is 3.54. The Balaban J connectivity index is 1.65. The maximum Gasteiger partial charge on any atom is 0.253 e. The average Bonchev–Trinajstić information content (AvgIpc) is 3.01. The minimum Gasteiger partial charge on any atom is -0.338 e. The van der Waals surface area contributed by atoms with Crippen LogP contribution in [-0.2, 0) is 0 Å². The fourth-order valence-electron chi connectivity index (χ4n) is 2.79. The summed E-state index contributed by atoms with van der Waals surface area (Å²) in [6.45, 7) is 3.62. The number of carbonyl (C=O) groups is 1. The summed E-state index contributed by atoms with van der Waals surface area (Å²) in [6.07, 6.45) is 5.76. The molecule has 104 valence electrons. The second-order valence-corrected chi connectivity index (χ2v) is 5.38. The van der Waals surface area contributed by atoms with Crippen molar-refractivity contribution in [2.45, 2.75) is 25.8 Å². The topological polar surface area (TPSA) is 38.1 Å². The van der Waals surface area contributed by atoms with Gasteiger partial charge in [0.1, 0.15) is 0 Å². The Morgan fingerprint density at radius 2 is 2.05 bits per heavy atom. The lowest BCUT2D eigenvalue weighted by atomic mass is 10.0. The summed E-state index contributed by atoms with van der Waals surface area (Å²) in [4.78, 5) is 14.4. The van der Waals surface area contributed by atoms with Gasteiger partial charge in [0, 0.05) is 31.0 Å². The molecular weight excluding hydrogens is 250 g/mol. The van der Waals surface area contributed by atoms with Crippen LogP contribution in [0.5, 0.6) is 0 Å². The number of hydrogen-bond donors (Lipinski definition) is 0. The average molecular weight is 269 g/mol. The van der Waals surface area contributed by atoms with Gasteiger partial charge < -0.3 is 4.90 Å². The Bertz CT molecular complexity index is 584. The van der Waals surface area contributed by atoms with E-state index in [1.807, 2.05) is 59.2 Å². The highest BCUT2D eigenvalue weighted by Crippen LogP contribution is 2.22. The van der Waals surface area contributed by atoms with Crippen molar-refractivity contribution in [1.29, 1.82) is 0 Å². The van der Waals surface area contributed by atoms with Crippen LogP contribution < -0.4 is 0 Å². The lowest BCUT2D eigenvalue weighted by molar-refractivity contribution is 0.0690. The zero-order chi connectivity index (χ0) is 13.9. The smallest absolute Gasteiger partial charge is 0.253 e. The monoisotopic (exact) mass is 269 g/mol. The van der Waals surface area contributed by atoms with Gasteiger partial charge in [-0.25, -0.2) is 0 Å². The van der Waals surface area contributed by atoms with Crippen molar-refractivity contribution >= 4 is 5.91 Å². The molecule has 1 aliphatic rings. The Morgan fingerprint density at radius 1 is 1.25 bits per heavy atom. The van der Waals surface area contributed by atoms with Crippen LogP contribution in [0.3, 0.4) is 0 Å². The van der Waals surface area contributed by atoms with E-state index in [4.69, 9.17) is 0 Å². The Labute approximate surface area is 119 Å². The van der Waals surface area contributed by atoms with Gasteiger partial charge in [-0.1, -0.05) is 17.7 Å². The van der Waals surface area contributed by atoms with Crippen LogP contribution in [0, 0.1) is 6.92 Å². The minimum atomic E-state index is 0.146. The van der Waals surface area contributed by atoms with E-state index in [1.54, 1.807) is 0 Å². The van der Waals surface area contributed by atoms with Gasteiger partial charge in [0.2, 0.25) is 0 Å². The van der Waals surface area contributed by atoms with E-state index in [0.717, 1.165) is 37.1 Å². The number of rotatable bonds is 2. The third-order valence-corrected chi connectivity index (χ3v) is 3.92. The number of benzene rings is 1. The number of aromatic nitrogens is 2. The number of piperidine rings is 1. The molecule has 0 aliphatic carbocycles. The molecule has 0 radical (unpaired) electrons. The third-order valence-electron chi connectivity index (χ3n) is 3.92. The molecule has 0 bridgehead atoms. The van der Waals surface area contributed by atoms with Crippen LogP contribution in [0.4, 0.5) is 0 Å². The van der Waals surface area contributed by atoms with Crippen molar-refractivity contribution in [3.8, 4) is 0 Å². The van der Waals surface area contributed by atoms with Gasteiger partial charge in [0.15, 0.2) is 0 Å². The molecule has 4 nitrogen and oxygen atoms in total. The van der Waals surface area contributed by atoms with E-state index in [9.17, 15) is 4.79 Å². The van der Waals surface area contributed by atoms with Crippen molar-refractivity contribution in [3.05, 3.63) is 53.9 Å². The van der Waals surface area contributed by atoms with E-state index in [0.29, 0.717) is 6.04 Å². The van der Waals surface area contributed by atoms with Crippen LogP contribution in [0.25, 0.3) is 0 Å². The molecule has 4 heteroatoms. The summed E-state index contributed by atoms with van der Waals surface area (Å²) in [5.41, 5.74) is 1.92. The van der Waals surface area contributed by atoms with Crippen LogP contribution >= 0.6 is 0 Å². The molecule has 1 saturated heterocycles. The Morgan fingerprint density at radius 3 is 2.70 bits per heavy atom. The first kappa shape index (κ1) is 12.9. The fraction of sp³-hybridized carbons (Fsp3) is 0.375. The lowest BCUT2D eigenvalue weighted by Gasteiger charge is -2.32. The highest BCUT2D eigenvalue weighted by molar-refractivity contribution is 5.94. The summed E-state index contributed by atoms with van der Waals surface area (Å²) in [5, 5.41) is 4.29. The zero-order valence-corrected chi connectivity index (χ0v) is 11.7. The van der Waals surface area contributed by atoms with Gasteiger partial charge in [-0.15, -0.1) is 0 Å². The van der Waals surface area contributed by atoms with E-state index in [1.165, 1.54) is 0 Å². The molecular formula is C16H19N3O. The van der Waals surface area contributed by atoms with Crippen molar-refractivity contribution in [3.63, 3.8) is 0 Å². The summed E-state index contributed by atoms with van der Waals surface area (Å²) in [5.74, 6) is 0.146. The molecule has 0 saturated carbocycles. The molecule has 0 atom stereocenters. The van der Waals surface area contributed by atoms with Crippen LogP contribution in [0.15, 0.2) is 42.7 Å². The minimum absolute atomic E-state index is 0.146. The van der Waals surface area contributed by atoms with Crippen molar-refractivity contribution < 1.29 is 4.79 Å². The number of hydrogen-bond acceptors (Lipinski definition) is 2. The predicted octanol–water partition coefficient (Wildman–Crippen LogP) is 2.67. The van der Waals surface area contributed by atoms with Gasteiger partial charge in [-0.3, -0.25) is 9.48 Å². The van der Waals surface area contributed by atoms with E-state index in [-0.39, 0.29) is 5.91 Å². The molecule has 20 heavy (non-hydrogen) atoms. The van der Waals surface area contributed by atoms with Crippen molar-refractivity contribution in [2.75, 3.05) is 13.1 Å². The zero-order valence-electron chi connectivity index (χ0n) is 11.7. The van der Waals surface area contributed by atoms with Crippen LogP contribution in [0.1, 0.15) is 34.8 Å². The lowest BCUT2D eigenvalue weighted by Crippen LogP contribution is -2.39. The molecule has 0 N–H and O–H groups in total. The van der Waals surface area contributed by atoms with Gasteiger partial charge in [0.25, 0.3) is 5.91 Å². The molecule has 1 fully saturated rings. The normalized spacial score (nSPS) is 16.4. The number of likely N-dealkylation sites (tertiary alicyclic amines) is 1. The quantitative estimate of drug-likeness (QED) is 0.840. The van der Waals surface area contributed by atoms with E-state index < -0.39 is 0 Å². The molecule has 2 aromatic rings. The molecule has 0 spiro atoms. The first-order valence-electron chi connectivity index (χ1n) is 7.09. The predicted molar refractivity (Wildman–Crippen MR) is 77.6 cm³/mol. The summed E-state index contributed by atoms with van der Waals surface area (Å²) in [6, 6.07) is 10.2. The maximum absolute atomic E-state index is 12.4. The number of nitrogens with zero attached hydrogens (tertiary/aromatic N) is 3. The molecule has 1 aliphatic heterocycles. The van der Waals surface area contributed by atoms with Crippen LogP contribution in [-0.4, -0.2) is 33.7 Å². The number of aryl methyl sites for hydroxylation is 1. The van der Waals surface area contributed by atoms with E-state index >= 15 is 0 Å². The highest BCUT2D eigenvalue weighted by Gasteiger charge is 2.24. The molecule has 1 aromatic carbocycles. The maximum atomic E-state index is 12.4. The SMILES string of the molecule is Cc1cccc(C(=O)N2CCC(n3cccn3)CC2)c1. The first-order chi connectivity index (χ1) is 9.74. The molecule has 3 rings (SSSR count). The van der Waals surface area contributed by atoms with Crippen molar-refractivity contribution in [1.82, 2.24) is 14.7 Å². The largest absolute Gasteiger partial charge is 0.338 e. The van der Waals surface area contributed by atoms with Crippen LogP contribution in [0.2, 0.25) is 0 Å². The van der Waals surface area contributed by atoms with E-state index in [2.05, 4.69) is 5.10 Å². The number of amides is 1. The summed E-state index contributed by atoms with van der Waals surface area (Å²) in [7, 11) is 0. The summed E-state index contributed by atoms with van der Waals surface area (Å²) >= 11 is 0. The molecule has 0 unspecified atom stereocenters. The summed E-state index contributed by atoms with van der Waals surface area (Å²) < 4.78 is 2.01. The second kappa shape index (κ2) is 5.49. The third kappa shape index (κ3) is 2.59. The Hall–Kier alpha value is -2.10. The molecule has 1 aromatic heterocycles. The number of carbonyl (C=O) groups excluding carboxylic acids is 1.